The number of nitrogens with zero attached hydrogens (tertiary/aromatic N) is 1. The first kappa shape index (κ1) is 8.70. The summed E-state index contributed by atoms with van der Waals surface area (Å²) >= 11 is 0. The molecule has 0 aliphatic rings. The zero-order valence-electron chi connectivity index (χ0n) is 7.85. The van der Waals surface area contributed by atoms with Crippen LogP contribution in [-0.2, 0) is 0 Å². The molecule has 0 saturated heterocycles. The summed E-state index contributed by atoms with van der Waals surface area (Å²) in [6.45, 7) is 3.62. The van der Waals surface area contributed by atoms with Gasteiger partial charge in [-0.1, -0.05) is 43.0 Å². The lowest BCUT2D eigenvalue weighted by Gasteiger charge is -1.97. The van der Waals surface area contributed by atoms with E-state index >= 15 is 0 Å². The number of hydrogen-bond donors (Lipinski definition) is 0. The Balaban J connectivity index is 2.51. The van der Waals surface area contributed by atoms with Crippen LogP contribution in [0.5, 0.6) is 0 Å². The van der Waals surface area contributed by atoms with Crippen LogP contribution < -0.4 is 0 Å². The molecule has 0 aliphatic heterocycles. The molecule has 1 nitrogen and oxygen atoms in total. The molecule has 2 aromatic rings. The van der Waals surface area contributed by atoms with Gasteiger partial charge in [0.15, 0.2) is 0 Å². The Morgan fingerprint density at radius 3 is 2.79 bits per heavy atom. The molecule has 1 aromatic heterocycles. The van der Waals surface area contributed by atoms with Gasteiger partial charge in [0.05, 0.1) is 11.2 Å². The van der Waals surface area contributed by atoms with Crippen molar-refractivity contribution in [1.29, 1.82) is 0 Å². The molecule has 1 heterocycles. The standard InChI is InChI=1S/C13H11N/c1-2-3-7-12-10-9-11-6-4-5-8-13(11)14-12/h2-10H,1H2/b7-3+. The molecule has 2 rings (SSSR count). The van der Waals surface area contributed by atoms with Crippen LogP contribution in [0.1, 0.15) is 5.69 Å². The molecule has 1 aromatic carbocycles. The van der Waals surface area contributed by atoms with E-state index in [9.17, 15) is 0 Å². The lowest BCUT2D eigenvalue weighted by molar-refractivity contribution is 1.37. The van der Waals surface area contributed by atoms with Crippen molar-refractivity contribution < 1.29 is 0 Å². The molecule has 0 N–H and O–H groups in total. The summed E-state index contributed by atoms with van der Waals surface area (Å²) in [6.07, 6.45) is 5.58. The summed E-state index contributed by atoms with van der Waals surface area (Å²) in [5.74, 6) is 0. The van der Waals surface area contributed by atoms with E-state index in [2.05, 4.69) is 23.7 Å². The van der Waals surface area contributed by atoms with E-state index in [0.29, 0.717) is 0 Å². The second kappa shape index (κ2) is 3.88. The van der Waals surface area contributed by atoms with Gasteiger partial charge in [0.25, 0.3) is 0 Å². The van der Waals surface area contributed by atoms with Crippen LogP contribution in [0.4, 0.5) is 0 Å². The van der Waals surface area contributed by atoms with Crippen molar-refractivity contribution in [3.63, 3.8) is 0 Å². The molecular weight excluding hydrogens is 170 g/mol. The van der Waals surface area contributed by atoms with Crippen molar-refractivity contribution in [3.8, 4) is 0 Å². The van der Waals surface area contributed by atoms with Crippen molar-refractivity contribution in [2.24, 2.45) is 0 Å². The predicted molar refractivity (Wildman–Crippen MR) is 61.0 cm³/mol. The van der Waals surface area contributed by atoms with Gasteiger partial charge in [-0.2, -0.15) is 0 Å². The number of rotatable bonds is 2. The van der Waals surface area contributed by atoms with E-state index in [1.807, 2.05) is 36.4 Å². The van der Waals surface area contributed by atoms with Gasteiger partial charge < -0.3 is 0 Å². The highest BCUT2D eigenvalue weighted by atomic mass is 14.7. The minimum Gasteiger partial charge on any atom is -0.248 e. The first-order chi connectivity index (χ1) is 6.90. The lowest BCUT2D eigenvalue weighted by Crippen LogP contribution is -1.81. The van der Waals surface area contributed by atoms with Crippen molar-refractivity contribution in [2.75, 3.05) is 0 Å². The number of para-hydroxylation sites is 1. The van der Waals surface area contributed by atoms with Gasteiger partial charge in [-0.05, 0) is 18.2 Å². The highest BCUT2D eigenvalue weighted by molar-refractivity contribution is 5.79. The highest BCUT2D eigenvalue weighted by Gasteiger charge is 1.93. The molecule has 14 heavy (non-hydrogen) atoms. The van der Waals surface area contributed by atoms with Gasteiger partial charge in [0, 0.05) is 5.39 Å². The minimum absolute atomic E-state index is 0.962. The van der Waals surface area contributed by atoms with Gasteiger partial charge in [-0.25, -0.2) is 4.98 Å². The number of aromatic nitrogens is 1. The molecular formula is C13H11N. The van der Waals surface area contributed by atoms with E-state index in [1.165, 1.54) is 5.39 Å². The second-order valence-corrected chi connectivity index (χ2v) is 3.02. The van der Waals surface area contributed by atoms with Gasteiger partial charge in [-0.3, -0.25) is 0 Å². The molecule has 1 heteroatoms. The van der Waals surface area contributed by atoms with Crippen molar-refractivity contribution in [3.05, 3.63) is 60.8 Å². The average Bonchev–Trinajstić information content (AvgIpc) is 2.26. The average molecular weight is 181 g/mol. The summed E-state index contributed by atoms with van der Waals surface area (Å²) in [7, 11) is 0. The maximum Gasteiger partial charge on any atom is 0.0709 e. The highest BCUT2D eigenvalue weighted by Crippen LogP contribution is 2.12. The summed E-state index contributed by atoms with van der Waals surface area (Å²) in [6, 6.07) is 12.2. The minimum atomic E-state index is 0.962. The number of benzene rings is 1. The summed E-state index contributed by atoms with van der Waals surface area (Å²) in [5.41, 5.74) is 1.99. The Labute approximate surface area is 83.4 Å². The monoisotopic (exact) mass is 181 g/mol. The van der Waals surface area contributed by atoms with E-state index in [-0.39, 0.29) is 0 Å². The molecule has 68 valence electrons. The van der Waals surface area contributed by atoms with E-state index in [0.717, 1.165) is 11.2 Å². The second-order valence-electron chi connectivity index (χ2n) is 3.02. The summed E-state index contributed by atoms with van der Waals surface area (Å²) in [4.78, 5) is 4.48. The fourth-order valence-electron chi connectivity index (χ4n) is 1.34. The molecule has 0 spiro atoms. The topological polar surface area (TPSA) is 12.9 Å². The largest absolute Gasteiger partial charge is 0.248 e. The smallest absolute Gasteiger partial charge is 0.0709 e. The van der Waals surface area contributed by atoms with Crippen LogP contribution in [0.15, 0.2) is 55.1 Å². The first-order valence-corrected chi connectivity index (χ1v) is 4.55. The zero-order chi connectivity index (χ0) is 9.80. The van der Waals surface area contributed by atoms with Crippen LogP contribution in [0, 0.1) is 0 Å². The maximum absolute atomic E-state index is 4.48. The van der Waals surface area contributed by atoms with Crippen molar-refractivity contribution in [2.45, 2.75) is 0 Å². The zero-order valence-corrected chi connectivity index (χ0v) is 7.85. The number of pyridine rings is 1. The van der Waals surface area contributed by atoms with Gasteiger partial charge in [0.1, 0.15) is 0 Å². The normalized spacial score (nSPS) is 10.9. The Hall–Kier alpha value is -1.89. The summed E-state index contributed by atoms with van der Waals surface area (Å²) < 4.78 is 0. The van der Waals surface area contributed by atoms with Crippen LogP contribution in [0.25, 0.3) is 17.0 Å². The molecule has 0 bridgehead atoms. The fraction of sp³-hybridized carbons (Fsp3) is 0. The Bertz CT molecular complexity index is 483. The molecule has 0 saturated carbocycles. The molecule has 0 aliphatic carbocycles. The van der Waals surface area contributed by atoms with Crippen molar-refractivity contribution in [1.82, 2.24) is 4.98 Å². The van der Waals surface area contributed by atoms with E-state index < -0.39 is 0 Å². The lowest BCUT2D eigenvalue weighted by atomic mass is 10.2. The van der Waals surface area contributed by atoms with Crippen LogP contribution in [0.2, 0.25) is 0 Å². The van der Waals surface area contributed by atoms with Gasteiger partial charge in [-0.15, -0.1) is 0 Å². The third-order valence-electron chi connectivity index (χ3n) is 2.02. The third-order valence-corrected chi connectivity index (χ3v) is 2.02. The quantitative estimate of drug-likeness (QED) is 0.647. The Kier molecular flexibility index (Phi) is 2.41. The summed E-state index contributed by atoms with van der Waals surface area (Å²) in [5, 5.41) is 1.17. The Morgan fingerprint density at radius 2 is 1.93 bits per heavy atom. The molecule has 0 fully saturated rings. The Morgan fingerprint density at radius 1 is 1.07 bits per heavy atom. The van der Waals surface area contributed by atoms with Gasteiger partial charge in [0.2, 0.25) is 0 Å². The van der Waals surface area contributed by atoms with Crippen molar-refractivity contribution >= 4 is 17.0 Å². The molecule has 0 radical (unpaired) electrons. The molecule has 0 atom stereocenters. The van der Waals surface area contributed by atoms with Crippen LogP contribution >= 0.6 is 0 Å². The van der Waals surface area contributed by atoms with Crippen LogP contribution in [-0.4, -0.2) is 4.98 Å². The maximum atomic E-state index is 4.48. The third kappa shape index (κ3) is 1.72. The fourth-order valence-corrected chi connectivity index (χ4v) is 1.34. The SMILES string of the molecule is C=C/C=C/c1ccc2ccccc2n1. The van der Waals surface area contributed by atoms with Crippen LogP contribution in [0.3, 0.4) is 0 Å². The van der Waals surface area contributed by atoms with E-state index in [1.54, 1.807) is 6.08 Å². The van der Waals surface area contributed by atoms with Gasteiger partial charge >= 0.3 is 0 Å². The molecule has 0 amide bonds. The predicted octanol–water partition coefficient (Wildman–Crippen LogP) is 3.43. The first-order valence-electron chi connectivity index (χ1n) is 4.55. The number of allylic oxidation sites excluding steroid dienone is 2. The number of fused-ring (bicyclic) bond motifs is 1. The molecule has 0 unspecified atom stereocenters. The van der Waals surface area contributed by atoms with E-state index in [4.69, 9.17) is 0 Å². The number of hydrogen-bond acceptors (Lipinski definition) is 1.